The number of hydrogen-bond donors (Lipinski definition) is 2. The number of aromatic nitrogens is 2. The van der Waals surface area contributed by atoms with Crippen LogP contribution < -0.4 is 5.32 Å². The first-order chi connectivity index (χ1) is 8.78. The lowest BCUT2D eigenvalue weighted by molar-refractivity contribution is 0.154. The molecule has 2 N–H and O–H groups in total. The molecule has 4 atom stereocenters. The van der Waals surface area contributed by atoms with E-state index in [9.17, 15) is 13.5 Å². The van der Waals surface area contributed by atoms with Gasteiger partial charge >= 0.3 is 0 Å². The lowest BCUT2D eigenvalue weighted by Crippen LogP contribution is -2.46. The van der Waals surface area contributed by atoms with Crippen LogP contribution in [0.3, 0.4) is 0 Å². The maximum atomic E-state index is 11.5. The van der Waals surface area contributed by atoms with Crippen molar-refractivity contribution < 1.29 is 13.5 Å². The molecule has 7 heteroatoms. The van der Waals surface area contributed by atoms with Crippen molar-refractivity contribution in [3.63, 3.8) is 0 Å². The maximum Gasteiger partial charge on any atom is 0.154 e. The summed E-state index contributed by atoms with van der Waals surface area (Å²) in [5.74, 6) is -0.143. The van der Waals surface area contributed by atoms with Gasteiger partial charge in [0.2, 0.25) is 0 Å². The van der Waals surface area contributed by atoms with Crippen molar-refractivity contribution in [1.82, 2.24) is 15.1 Å². The van der Waals surface area contributed by atoms with Gasteiger partial charge in [-0.2, -0.15) is 5.10 Å². The second-order valence-electron chi connectivity index (χ2n) is 5.44. The van der Waals surface area contributed by atoms with Gasteiger partial charge in [0.15, 0.2) is 9.84 Å². The van der Waals surface area contributed by atoms with E-state index in [2.05, 4.69) is 10.4 Å². The van der Waals surface area contributed by atoms with E-state index in [0.29, 0.717) is 0 Å². The molecule has 6 nitrogen and oxygen atoms in total. The third-order valence-corrected chi connectivity index (χ3v) is 5.39. The molecule has 0 bridgehead atoms. The summed E-state index contributed by atoms with van der Waals surface area (Å²) in [6, 6.07) is -0.282. The summed E-state index contributed by atoms with van der Waals surface area (Å²) in [7, 11) is -3.11. The van der Waals surface area contributed by atoms with E-state index in [1.807, 2.05) is 31.6 Å². The Morgan fingerprint density at radius 3 is 2.63 bits per heavy atom. The molecule has 0 aromatic carbocycles. The Kier molecular flexibility index (Phi) is 3.98. The van der Waals surface area contributed by atoms with Gasteiger partial charge in [0.05, 0.1) is 29.8 Å². The van der Waals surface area contributed by atoms with Crippen LogP contribution in [0.1, 0.15) is 25.5 Å². The zero-order chi connectivity index (χ0) is 14.2. The Hall–Kier alpha value is -0.920. The summed E-state index contributed by atoms with van der Waals surface area (Å²) >= 11 is 0. The first-order valence-corrected chi connectivity index (χ1v) is 8.26. The van der Waals surface area contributed by atoms with Gasteiger partial charge in [0.1, 0.15) is 0 Å². The van der Waals surface area contributed by atoms with E-state index >= 15 is 0 Å². The highest BCUT2D eigenvalue weighted by Gasteiger charge is 2.37. The van der Waals surface area contributed by atoms with Gasteiger partial charge in [-0.15, -0.1) is 0 Å². The Bertz CT molecular complexity index is 540. The molecule has 0 aliphatic carbocycles. The van der Waals surface area contributed by atoms with Gasteiger partial charge in [-0.25, -0.2) is 8.42 Å². The van der Waals surface area contributed by atoms with E-state index in [-0.39, 0.29) is 29.6 Å². The van der Waals surface area contributed by atoms with Crippen LogP contribution in [0.2, 0.25) is 0 Å². The number of aryl methyl sites for hydroxylation is 1. The molecular formula is C12H21N3O3S. The Labute approximate surface area is 113 Å². The molecule has 0 radical (unpaired) electrons. The predicted octanol–water partition coefficient (Wildman–Crippen LogP) is -0.111. The molecule has 2 heterocycles. The Morgan fingerprint density at radius 1 is 1.47 bits per heavy atom. The Morgan fingerprint density at radius 2 is 2.16 bits per heavy atom. The van der Waals surface area contributed by atoms with Crippen molar-refractivity contribution in [2.24, 2.45) is 0 Å². The van der Waals surface area contributed by atoms with Crippen molar-refractivity contribution in [2.45, 2.75) is 45.0 Å². The van der Waals surface area contributed by atoms with Gasteiger partial charge in [-0.3, -0.25) is 4.68 Å². The second kappa shape index (κ2) is 5.22. The molecule has 0 amide bonds. The molecule has 0 spiro atoms. The first kappa shape index (κ1) is 14.5. The monoisotopic (exact) mass is 287 g/mol. The third kappa shape index (κ3) is 3.34. The molecule has 1 aromatic rings. The smallest absolute Gasteiger partial charge is 0.154 e. The number of aliphatic hydroxyl groups is 1. The fourth-order valence-corrected chi connectivity index (χ4v) is 4.10. The number of sulfone groups is 1. The van der Waals surface area contributed by atoms with Crippen LogP contribution in [-0.4, -0.2) is 53.0 Å². The van der Waals surface area contributed by atoms with Crippen molar-refractivity contribution >= 4 is 9.84 Å². The van der Waals surface area contributed by atoms with Gasteiger partial charge < -0.3 is 10.4 Å². The van der Waals surface area contributed by atoms with Crippen LogP contribution in [-0.2, 0) is 9.84 Å². The predicted molar refractivity (Wildman–Crippen MR) is 72.7 cm³/mol. The molecule has 0 unspecified atom stereocenters. The first-order valence-electron chi connectivity index (χ1n) is 6.44. The van der Waals surface area contributed by atoms with Crippen LogP contribution in [0.5, 0.6) is 0 Å². The van der Waals surface area contributed by atoms with Crippen LogP contribution in [0.4, 0.5) is 0 Å². The van der Waals surface area contributed by atoms with Crippen LogP contribution in [0.25, 0.3) is 0 Å². The summed E-state index contributed by atoms with van der Waals surface area (Å²) < 4.78 is 24.8. The molecule has 108 valence electrons. The fraction of sp³-hybridized carbons (Fsp3) is 0.750. The van der Waals surface area contributed by atoms with Crippen LogP contribution in [0, 0.1) is 6.92 Å². The summed E-state index contributed by atoms with van der Waals surface area (Å²) in [6.45, 7) is 5.96. The quantitative estimate of drug-likeness (QED) is 0.807. The SMILES string of the molecule is Cc1cnn([C@H](C)[C@H](C)N[C@@H]2CS(=O)(=O)C[C@H]2O)c1. The van der Waals surface area contributed by atoms with E-state index in [0.717, 1.165) is 5.56 Å². The molecule has 0 saturated carbocycles. The van der Waals surface area contributed by atoms with Crippen molar-refractivity contribution in [3.05, 3.63) is 18.0 Å². The minimum absolute atomic E-state index is 0.00333. The number of nitrogens with zero attached hydrogens (tertiary/aromatic N) is 2. The highest BCUT2D eigenvalue weighted by atomic mass is 32.2. The van der Waals surface area contributed by atoms with Gasteiger partial charge in [0, 0.05) is 18.3 Å². The highest BCUT2D eigenvalue weighted by Crippen LogP contribution is 2.17. The number of aliphatic hydroxyl groups excluding tert-OH is 1. The number of hydrogen-bond acceptors (Lipinski definition) is 5. The van der Waals surface area contributed by atoms with Crippen LogP contribution in [0.15, 0.2) is 12.4 Å². The standard InChI is InChI=1S/C12H21N3O3S/c1-8-4-13-15(5-8)10(3)9(2)14-11-6-19(17,18)7-12(11)16/h4-5,9-12,14,16H,6-7H2,1-3H3/t9-,10+,11+,12+/m0/s1. The largest absolute Gasteiger partial charge is 0.390 e. The average molecular weight is 287 g/mol. The minimum Gasteiger partial charge on any atom is -0.390 e. The zero-order valence-electron chi connectivity index (χ0n) is 11.4. The minimum atomic E-state index is -3.11. The molecule has 1 aliphatic rings. The molecule has 1 aliphatic heterocycles. The molecule has 1 saturated heterocycles. The van der Waals surface area contributed by atoms with E-state index in [1.165, 1.54) is 0 Å². The average Bonchev–Trinajstić information content (AvgIpc) is 2.82. The van der Waals surface area contributed by atoms with E-state index in [4.69, 9.17) is 0 Å². The van der Waals surface area contributed by atoms with Gasteiger partial charge in [-0.05, 0) is 26.3 Å². The van der Waals surface area contributed by atoms with E-state index in [1.54, 1.807) is 6.20 Å². The van der Waals surface area contributed by atoms with E-state index < -0.39 is 15.9 Å². The lowest BCUT2D eigenvalue weighted by Gasteiger charge is -2.26. The molecule has 1 fully saturated rings. The number of rotatable bonds is 4. The maximum absolute atomic E-state index is 11.5. The molecular weight excluding hydrogens is 266 g/mol. The zero-order valence-corrected chi connectivity index (χ0v) is 12.3. The van der Waals surface area contributed by atoms with Crippen molar-refractivity contribution in [3.8, 4) is 0 Å². The highest BCUT2D eigenvalue weighted by molar-refractivity contribution is 7.91. The summed E-state index contributed by atoms with van der Waals surface area (Å²) in [6.07, 6.45) is 2.92. The topological polar surface area (TPSA) is 84.2 Å². The van der Waals surface area contributed by atoms with Crippen molar-refractivity contribution in [1.29, 1.82) is 0 Å². The Balaban J connectivity index is 1.99. The third-order valence-electron chi connectivity index (χ3n) is 3.67. The summed E-state index contributed by atoms with van der Waals surface area (Å²) in [4.78, 5) is 0. The fourth-order valence-electron chi connectivity index (χ4n) is 2.35. The lowest BCUT2D eigenvalue weighted by atomic mass is 10.1. The molecule has 1 aromatic heterocycles. The molecule has 19 heavy (non-hydrogen) atoms. The van der Waals surface area contributed by atoms with Gasteiger partial charge in [0.25, 0.3) is 0 Å². The normalized spacial score (nSPS) is 29.3. The van der Waals surface area contributed by atoms with Crippen molar-refractivity contribution in [2.75, 3.05) is 11.5 Å². The van der Waals surface area contributed by atoms with Gasteiger partial charge in [-0.1, -0.05) is 0 Å². The van der Waals surface area contributed by atoms with Crippen LogP contribution >= 0.6 is 0 Å². The second-order valence-corrected chi connectivity index (χ2v) is 7.60. The summed E-state index contributed by atoms with van der Waals surface area (Å²) in [5.41, 5.74) is 1.09. The molecule has 2 rings (SSSR count). The summed E-state index contributed by atoms with van der Waals surface area (Å²) in [5, 5.41) is 17.2. The number of nitrogens with one attached hydrogen (secondary N) is 1.